The van der Waals surface area contributed by atoms with E-state index in [4.69, 9.17) is 0 Å². The summed E-state index contributed by atoms with van der Waals surface area (Å²) in [6.07, 6.45) is 14.4. The zero-order valence-corrected chi connectivity index (χ0v) is 14.2. The van der Waals surface area contributed by atoms with Crippen LogP contribution in [0.1, 0.15) is 71.1 Å². The van der Waals surface area contributed by atoms with E-state index in [2.05, 4.69) is 25.9 Å². The summed E-state index contributed by atoms with van der Waals surface area (Å²) in [6, 6.07) is 0. The van der Waals surface area contributed by atoms with E-state index in [1.807, 2.05) is 0 Å². The van der Waals surface area contributed by atoms with Gasteiger partial charge in [0.05, 0.1) is 0 Å². The molecular weight excluding hydrogens is 205 g/mol. The van der Waals surface area contributed by atoms with Gasteiger partial charge in [0.2, 0.25) is 0 Å². The van der Waals surface area contributed by atoms with Crippen LogP contribution in [0.15, 0.2) is 0 Å². The summed E-state index contributed by atoms with van der Waals surface area (Å²) in [4.78, 5) is 2.28. The fourth-order valence-corrected chi connectivity index (χ4v) is 1.92. The zero-order valence-electron chi connectivity index (χ0n) is 12.2. The van der Waals surface area contributed by atoms with Crippen LogP contribution in [0.2, 0.25) is 0 Å². The van der Waals surface area contributed by atoms with Crippen molar-refractivity contribution in [3.05, 3.63) is 0 Å². The van der Waals surface area contributed by atoms with Gasteiger partial charge in [-0.1, -0.05) is 64.7 Å². The Morgan fingerprint density at radius 2 is 1.00 bits per heavy atom. The summed E-state index contributed by atoms with van der Waals surface area (Å²) < 4.78 is 0. The summed E-state index contributed by atoms with van der Waals surface area (Å²) in [6.45, 7) is 3.54. The maximum Gasteiger partial charge on any atom is 1.00 e. The first kappa shape index (κ1) is 19.3. The largest absolute Gasteiger partial charge is 1.00 e. The van der Waals surface area contributed by atoms with Gasteiger partial charge in [0.1, 0.15) is 0 Å². The second kappa shape index (κ2) is 16.0. The van der Waals surface area contributed by atoms with Gasteiger partial charge in [-0.15, -0.1) is 0 Å². The number of unbranched alkanes of at least 4 members (excludes halogenated alkanes) is 9. The third-order valence-electron chi connectivity index (χ3n) is 2.96. The van der Waals surface area contributed by atoms with Gasteiger partial charge in [-0.2, -0.15) is 0 Å². The van der Waals surface area contributed by atoms with Crippen molar-refractivity contribution < 1.29 is 29.6 Å². The van der Waals surface area contributed by atoms with Crippen LogP contribution in [0.25, 0.3) is 0 Å². The van der Waals surface area contributed by atoms with E-state index < -0.39 is 0 Å². The van der Waals surface area contributed by atoms with Gasteiger partial charge in [-0.05, 0) is 27.1 Å². The Bertz CT molecular complexity index is 115. The molecule has 92 valence electrons. The second-order valence-electron chi connectivity index (χ2n) is 4.99. The number of hydrogen-bond donors (Lipinski definition) is 0. The number of hydrogen-bond acceptors (Lipinski definition) is 1. The summed E-state index contributed by atoms with van der Waals surface area (Å²) in [7, 11) is 4.32. The topological polar surface area (TPSA) is 3.24 Å². The van der Waals surface area contributed by atoms with E-state index in [-0.39, 0.29) is 29.6 Å². The first-order valence-corrected chi connectivity index (χ1v) is 6.92. The monoisotopic (exact) mass is 236 g/mol. The standard InChI is InChI=1S/C14H31N.Na/c1-4-5-6-7-8-9-10-11-12-13-14-15(2)3;/h4-14H2,1-3H3;/q;+1. The Balaban J connectivity index is 0. The number of nitrogens with zero attached hydrogens (tertiary/aromatic N) is 1. The Labute approximate surface area is 126 Å². The van der Waals surface area contributed by atoms with Gasteiger partial charge >= 0.3 is 29.6 Å². The Morgan fingerprint density at radius 3 is 1.38 bits per heavy atom. The van der Waals surface area contributed by atoms with Crippen molar-refractivity contribution in [1.29, 1.82) is 0 Å². The third-order valence-corrected chi connectivity index (χ3v) is 2.96. The van der Waals surface area contributed by atoms with E-state index in [0.29, 0.717) is 0 Å². The van der Waals surface area contributed by atoms with Gasteiger partial charge in [-0.3, -0.25) is 0 Å². The van der Waals surface area contributed by atoms with Crippen molar-refractivity contribution in [2.24, 2.45) is 0 Å². The molecule has 0 aromatic carbocycles. The van der Waals surface area contributed by atoms with Crippen LogP contribution in [-0.4, -0.2) is 25.5 Å². The van der Waals surface area contributed by atoms with Crippen molar-refractivity contribution in [2.75, 3.05) is 20.6 Å². The van der Waals surface area contributed by atoms with Crippen molar-refractivity contribution in [2.45, 2.75) is 71.1 Å². The molecule has 0 N–H and O–H groups in total. The van der Waals surface area contributed by atoms with Gasteiger partial charge in [0.25, 0.3) is 0 Å². The normalized spacial score (nSPS) is 10.5. The van der Waals surface area contributed by atoms with Gasteiger partial charge in [-0.25, -0.2) is 0 Å². The minimum Gasteiger partial charge on any atom is -0.309 e. The summed E-state index contributed by atoms with van der Waals surface area (Å²) in [5, 5.41) is 0. The van der Waals surface area contributed by atoms with Crippen LogP contribution >= 0.6 is 0 Å². The Kier molecular flexibility index (Phi) is 19.3. The molecule has 0 radical (unpaired) electrons. The molecule has 0 aromatic heterocycles. The average molecular weight is 236 g/mol. The SMILES string of the molecule is CCCCCCCCCCCCN(C)C.[Na+]. The Morgan fingerprint density at radius 1 is 0.625 bits per heavy atom. The predicted octanol–water partition coefficient (Wildman–Crippen LogP) is 1.47. The first-order valence-electron chi connectivity index (χ1n) is 6.92. The molecule has 0 unspecified atom stereocenters. The maximum atomic E-state index is 2.28. The molecule has 0 spiro atoms. The predicted molar refractivity (Wildman–Crippen MR) is 70.4 cm³/mol. The average Bonchev–Trinajstić information content (AvgIpc) is 2.20. The molecule has 0 rings (SSSR count). The summed E-state index contributed by atoms with van der Waals surface area (Å²) in [5.74, 6) is 0. The molecule has 1 nitrogen and oxygen atoms in total. The molecule has 0 aliphatic rings. The molecule has 0 saturated carbocycles. The smallest absolute Gasteiger partial charge is 0.309 e. The van der Waals surface area contributed by atoms with Gasteiger partial charge < -0.3 is 4.90 Å². The first-order chi connectivity index (χ1) is 7.27. The van der Waals surface area contributed by atoms with Crippen LogP contribution in [0, 0.1) is 0 Å². The summed E-state index contributed by atoms with van der Waals surface area (Å²) in [5.41, 5.74) is 0. The Hall–Kier alpha value is 0.960. The fourth-order valence-electron chi connectivity index (χ4n) is 1.92. The molecule has 16 heavy (non-hydrogen) atoms. The molecule has 2 heteroatoms. The van der Waals surface area contributed by atoms with Crippen LogP contribution in [0.5, 0.6) is 0 Å². The maximum absolute atomic E-state index is 2.28. The second-order valence-corrected chi connectivity index (χ2v) is 4.99. The van der Waals surface area contributed by atoms with Crippen molar-refractivity contribution in [3.63, 3.8) is 0 Å². The van der Waals surface area contributed by atoms with Gasteiger partial charge in [0, 0.05) is 0 Å². The van der Waals surface area contributed by atoms with E-state index in [1.165, 1.54) is 70.8 Å². The molecule has 0 atom stereocenters. The molecule has 0 bridgehead atoms. The van der Waals surface area contributed by atoms with E-state index in [1.54, 1.807) is 0 Å². The van der Waals surface area contributed by atoms with Crippen molar-refractivity contribution in [3.8, 4) is 0 Å². The molecule has 0 fully saturated rings. The molecule has 0 aliphatic carbocycles. The van der Waals surface area contributed by atoms with Crippen molar-refractivity contribution >= 4 is 0 Å². The van der Waals surface area contributed by atoms with Crippen LogP contribution in [0.3, 0.4) is 0 Å². The van der Waals surface area contributed by atoms with Gasteiger partial charge in [0.15, 0.2) is 0 Å². The quantitative estimate of drug-likeness (QED) is 0.388. The molecular formula is C14H31NNa+. The van der Waals surface area contributed by atoms with E-state index in [9.17, 15) is 0 Å². The van der Waals surface area contributed by atoms with E-state index >= 15 is 0 Å². The van der Waals surface area contributed by atoms with Crippen LogP contribution in [0.4, 0.5) is 0 Å². The van der Waals surface area contributed by atoms with E-state index in [0.717, 1.165) is 0 Å². The minimum atomic E-state index is 0. The van der Waals surface area contributed by atoms with Crippen LogP contribution < -0.4 is 29.6 Å². The number of rotatable bonds is 11. The minimum absolute atomic E-state index is 0. The molecule has 0 heterocycles. The summed E-state index contributed by atoms with van der Waals surface area (Å²) >= 11 is 0. The van der Waals surface area contributed by atoms with Crippen molar-refractivity contribution in [1.82, 2.24) is 4.90 Å². The molecule has 0 saturated heterocycles. The molecule has 0 aliphatic heterocycles. The molecule has 0 aromatic rings. The molecule has 0 amide bonds. The fraction of sp³-hybridized carbons (Fsp3) is 1.00. The zero-order chi connectivity index (χ0) is 11.4. The van der Waals surface area contributed by atoms with Crippen LogP contribution in [-0.2, 0) is 0 Å². The third kappa shape index (κ3) is 17.4.